The zero-order valence-corrected chi connectivity index (χ0v) is 22.2. The van der Waals surface area contributed by atoms with Crippen LogP contribution in [0.15, 0.2) is 72.0 Å². The minimum absolute atomic E-state index is 0.310. The molecule has 192 valence electrons. The predicted octanol–water partition coefficient (Wildman–Crippen LogP) is 4.78. The van der Waals surface area contributed by atoms with Gasteiger partial charge < -0.3 is 10.3 Å². The van der Waals surface area contributed by atoms with Crippen LogP contribution in [0.1, 0.15) is 40.7 Å². The smallest absolute Gasteiger partial charge is 0.160 e. The molecule has 38 heavy (non-hydrogen) atoms. The molecule has 0 aliphatic carbocycles. The lowest BCUT2D eigenvalue weighted by Gasteiger charge is -2.13. The molecule has 0 unspecified atom stereocenters. The number of hydrogen-bond donors (Lipinski definition) is 3. The standard InChI is InChI=1S/C30H32N8/c1-5-27-35-28-19(3)15-20(4)34-30(28)38(27)17-21-6-8-22(9-7-21)25-16-23(26-14-18(2)12-13-33-26)10-11-24(25)29(31)36-37-32/h6-16,37H,5,17,32H2,1-4H3,(H2,31,36). The number of nitrogens with one attached hydrogen (secondary N) is 1. The van der Waals surface area contributed by atoms with Gasteiger partial charge in [-0.05, 0) is 78.9 Å². The Bertz CT molecular complexity index is 1650. The summed E-state index contributed by atoms with van der Waals surface area (Å²) in [6.07, 6.45) is 2.66. The van der Waals surface area contributed by atoms with Crippen molar-refractivity contribution in [2.75, 3.05) is 0 Å². The highest BCUT2D eigenvalue weighted by Crippen LogP contribution is 2.30. The number of amidine groups is 1. The number of aromatic nitrogens is 4. The van der Waals surface area contributed by atoms with Crippen LogP contribution >= 0.6 is 0 Å². The molecule has 8 nitrogen and oxygen atoms in total. The second-order valence-corrected chi connectivity index (χ2v) is 9.52. The fraction of sp³-hybridized carbons (Fsp3) is 0.200. The Morgan fingerprint density at radius 3 is 2.42 bits per heavy atom. The monoisotopic (exact) mass is 504 g/mol. The number of benzene rings is 2. The molecule has 5 aromatic rings. The Kier molecular flexibility index (Phi) is 6.89. The lowest BCUT2D eigenvalue weighted by atomic mass is 9.94. The SMILES string of the molecule is CCc1nc2c(C)cc(C)nc2n1Cc1ccc(-c2cc(-c3cc(C)ccn3)ccc2/C(N)=N/NN)cc1. The molecule has 0 spiro atoms. The highest BCUT2D eigenvalue weighted by molar-refractivity contribution is 6.04. The van der Waals surface area contributed by atoms with Gasteiger partial charge in [0.05, 0.1) is 12.2 Å². The van der Waals surface area contributed by atoms with Gasteiger partial charge in [0.25, 0.3) is 0 Å². The minimum Gasteiger partial charge on any atom is -0.382 e. The van der Waals surface area contributed by atoms with Crippen LogP contribution in [0.4, 0.5) is 0 Å². The average Bonchev–Trinajstić information content (AvgIpc) is 3.26. The van der Waals surface area contributed by atoms with E-state index in [9.17, 15) is 0 Å². The number of nitrogens with two attached hydrogens (primary N) is 2. The van der Waals surface area contributed by atoms with E-state index in [-0.39, 0.29) is 0 Å². The summed E-state index contributed by atoms with van der Waals surface area (Å²) in [6, 6.07) is 20.7. The number of hydrogen-bond acceptors (Lipinski definition) is 6. The first kappa shape index (κ1) is 25.1. The van der Waals surface area contributed by atoms with Gasteiger partial charge in [0.1, 0.15) is 11.3 Å². The van der Waals surface area contributed by atoms with E-state index in [1.54, 1.807) is 0 Å². The van der Waals surface area contributed by atoms with Crippen molar-refractivity contribution in [1.82, 2.24) is 25.1 Å². The second-order valence-electron chi connectivity index (χ2n) is 9.52. The van der Waals surface area contributed by atoms with Crippen molar-refractivity contribution in [2.45, 2.75) is 40.7 Å². The number of hydrazine groups is 1. The van der Waals surface area contributed by atoms with Crippen molar-refractivity contribution >= 4 is 17.0 Å². The maximum absolute atomic E-state index is 6.26. The molecule has 0 radical (unpaired) electrons. The van der Waals surface area contributed by atoms with E-state index in [1.165, 1.54) is 0 Å². The summed E-state index contributed by atoms with van der Waals surface area (Å²) in [5.41, 5.74) is 19.6. The number of rotatable bonds is 7. The number of pyridine rings is 2. The van der Waals surface area contributed by atoms with Gasteiger partial charge in [-0.1, -0.05) is 37.3 Å². The van der Waals surface area contributed by atoms with Crippen molar-refractivity contribution in [3.63, 3.8) is 0 Å². The van der Waals surface area contributed by atoms with Crippen molar-refractivity contribution in [1.29, 1.82) is 0 Å². The maximum Gasteiger partial charge on any atom is 0.160 e. The van der Waals surface area contributed by atoms with Gasteiger partial charge in [-0.15, -0.1) is 5.10 Å². The molecule has 5 N–H and O–H groups in total. The Morgan fingerprint density at radius 2 is 1.71 bits per heavy atom. The largest absolute Gasteiger partial charge is 0.382 e. The normalized spacial score (nSPS) is 11.8. The van der Waals surface area contributed by atoms with Crippen molar-refractivity contribution in [3.8, 4) is 22.4 Å². The molecule has 0 bridgehead atoms. The third-order valence-corrected chi connectivity index (χ3v) is 6.71. The first-order valence-electron chi connectivity index (χ1n) is 12.7. The lowest BCUT2D eigenvalue weighted by Crippen LogP contribution is -2.23. The van der Waals surface area contributed by atoms with E-state index in [4.69, 9.17) is 21.5 Å². The lowest BCUT2D eigenvalue weighted by molar-refractivity contribution is 0.745. The summed E-state index contributed by atoms with van der Waals surface area (Å²) in [4.78, 5) is 14.2. The molecular weight excluding hydrogens is 472 g/mol. The third-order valence-electron chi connectivity index (χ3n) is 6.71. The summed E-state index contributed by atoms with van der Waals surface area (Å²) in [7, 11) is 0. The van der Waals surface area contributed by atoms with Crippen LogP contribution in [-0.4, -0.2) is 25.4 Å². The molecule has 0 amide bonds. The summed E-state index contributed by atoms with van der Waals surface area (Å²) in [5.74, 6) is 6.76. The molecule has 5 rings (SSSR count). The van der Waals surface area contributed by atoms with E-state index in [2.05, 4.69) is 83.4 Å². The molecule has 0 aliphatic heterocycles. The van der Waals surface area contributed by atoms with E-state index in [0.29, 0.717) is 12.4 Å². The second kappa shape index (κ2) is 10.4. The highest BCUT2D eigenvalue weighted by atomic mass is 15.5. The Morgan fingerprint density at radius 1 is 0.947 bits per heavy atom. The number of nitrogens with zero attached hydrogens (tertiary/aromatic N) is 5. The molecule has 3 heterocycles. The molecule has 0 fully saturated rings. The summed E-state index contributed by atoms with van der Waals surface area (Å²) < 4.78 is 2.22. The zero-order chi connectivity index (χ0) is 26.8. The molecule has 8 heteroatoms. The first-order chi connectivity index (χ1) is 18.4. The van der Waals surface area contributed by atoms with Crippen LogP contribution in [0.3, 0.4) is 0 Å². The van der Waals surface area contributed by atoms with Crippen LogP contribution in [0.2, 0.25) is 0 Å². The van der Waals surface area contributed by atoms with Crippen molar-refractivity contribution in [2.24, 2.45) is 16.7 Å². The summed E-state index contributed by atoms with van der Waals surface area (Å²) in [5, 5.41) is 4.02. The number of imidazole rings is 1. The van der Waals surface area contributed by atoms with Gasteiger partial charge in [-0.25, -0.2) is 21.3 Å². The van der Waals surface area contributed by atoms with Crippen LogP contribution in [0, 0.1) is 20.8 Å². The van der Waals surface area contributed by atoms with Crippen molar-refractivity contribution in [3.05, 3.63) is 101 Å². The van der Waals surface area contributed by atoms with E-state index >= 15 is 0 Å². The van der Waals surface area contributed by atoms with Gasteiger partial charge in [0, 0.05) is 29.4 Å². The van der Waals surface area contributed by atoms with E-state index in [1.807, 2.05) is 31.3 Å². The first-order valence-corrected chi connectivity index (χ1v) is 12.7. The molecule has 0 saturated carbocycles. The molecule has 0 aliphatic rings. The van der Waals surface area contributed by atoms with Crippen LogP contribution in [0.25, 0.3) is 33.5 Å². The molecular formula is C30H32N8. The van der Waals surface area contributed by atoms with Gasteiger partial charge in [-0.3, -0.25) is 4.98 Å². The Labute approximate surface area is 222 Å². The van der Waals surface area contributed by atoms with Crippen molar-refractivity contribution < 1.29 is 0 Å². The third kappa shape index (κ3) is 4.86. The average molecular weight is 505 g/mol. The van der Waals surface area contributed by atoms with Crippen LogP contribution in [0.5, 0.6) is 0 Å². The van der Waals surface area contributed by atoms with Crippen LogP contribution in [-0.2, 0) is 13.0 Å². The highest BCUT2D eigenvalue weighted by Gasteiger charge is 2.15. The number of aryl methyl sites for hydroxylation is 4. The molecule has 3 aromatic heterocycles. The Balaban J connectivity index is 1.54. The van der Waals surface area contributed by atoms with Gasteiger partial charge in [0.2, 0.25) is 0 Å². The predicted molar refractivity (Wildman–Crippen MR) is 153 cm³/mol. The fourth-order valence-electron chi connectivity index (χ4n) is 4.85. The fourth-order valence-corrected chi connectivity index (χ4v) is 4.85. The quantitative estimate of drug-likeness (QED) is 0.127. The Hall–Kier alpha value is -4.56. The van der Waals surface area contributed by atoms with Crippen LogP contribution < -0.4 is 17.1 Å². The summed E-state index contributed by atoms with van der Waals surface area (Å²) in [6.45, 7) is 8.99. The number of fused-ring (bicyclic) bond motifs is 1. The molecule has 2 aromatic carbocycles. The maximum atomic E-state index is 6.26. The molecule has 0 saturated heterocycles. The van der Waals surface area contributed by atoms with E-state index < -0.39 is 0 Å². The number of hydrazone groups is 1. The van der Waals surface area contributed by atoms with Gasteiger partial charge in [-0.2, -0.15) is 0 Å². The van der Waals surface area contributed by atoms with Gasteiger partial charge in [0.15, 0.2) is 11.5 Å². The molecule has 0 atom stereocenters. The summed E-state index contributed by atoms with van der Waals surface area (Å²) >= 11 is 0. The minimum atomic E-state index is 0.310. The zero-order valence-electron chi connectivity index (χ0n) is 22.2. The van der Waals surface area contributed by atoms with E-state index in [0.717, 1.165) is 73.7 Å². The topological polar surface area (TPSA) is 120 Å². The van der Waals surface area contributed by atoms with Gasteiger partial charge >= 0.3 is 0 Å².